The number of nitrogens with two attached hydrogens (primary N) is 1. The number of hydrogen-bond donors (Lipinski definition) is 1. The molecule has 1 aliphatic rings. The maximum atomic E-state index is 5.38. The lowest BCUT2D eigenvalue weighted by atomic mass is 9.95. The Morgan fingerprint density at radius 3 is 2.06 bits per heavy atom. The van der Waals surface area contributed by atoms with Gasteiger partial charge < -0.3 is 14.3 Å². The molecule has 17 heavy (non-hydrogen) atoms. The van der Waals surface area contributed by atoms with Crippen LogP contribution in [0.2, 0.25) is 0 Å². The van der Waals surface area contributed by atoms with Crippen molar-refractivity contribution in [2.45, 2.75) is 25.2 Å². The Labute approximate surface area is 102 Å². The number of hydrogen-bond acceptors (Lipinski definition) is 4. The van der Waals surface area contributed by atoms with Crippen molar-refractivity contribution < 1.29 is 14.3 Å². The van der Waals surface area contributed by atoms with Gasteiger partial charge in [-0.2, -0.15) is 0 Å². The molecule has 0 heterocycles. The molecule has 0 atom stereocenters. The van der Waals surface area contributed by atoms with Crippen LogP contribution in [0, 0.1) is 6.92 Å². The van der Waals surface area contributed by atoms with Gasteiger partial charge in [-0.3, -0.25) is 0 Å². The Balaban J connectivity index is 2.41. The van der Waals surface area contributed by atoms with Crippen LogP contribution in [0.15, 0.2) is 12.1 Å². The Hall–Kier alpha value is -1.26. The minimum atomic E-state index is 0.0585. The van der Waals surface area contributed by atoms with E-state index >= 15 is 0 Å². The quantitative estimate of drug-likeness (QED) is 0.795. The molecule has 0 aliphatic heterocycles. The fraction of sp³-hybridized carbons (Fsp3) is 0.538. The second kappa shape index (κ2) is 4.55. The van der Waals surface area contributed by atoms with Crippen LogP contribution in [0.25, 0.3) is 0 Å². The molecule has 1 aromatic carbocycles. The van der Waals surface area contributed by atoms with Gasteiger partial charge in [0.25, 0.3) is 0 Å². The van der Waals surface area contributed by atoms with Crippen LogP contribution in [-0.4, -0.2) is 20.8 Å². The predicted octanol–water partition coefficient (Wildman–Crippen LogP) is 1.93. The normalized spacial score (nSPS) is 16.7. The Morgan fingerprint density at radius 1 is 1.18 bits per heavy atom. The third-order valence-corrected chi connectivity index (χ3v) is 3.58. The second-order valence-corrected chi connectivity index (χ2v) is 4.60. The zero-order valence-corrected chi connectivity index (χ0v) is 10.6. The molecule has 0 amide bonds. The third kappa shape index (κ3) is 2.10. The van der Waals surface area contributed by atoms with E-state index in [0.29, 0.717) is 6.61 Å². The molecule has 1 saturated carbocycles. The number of methoxy groups -OCH3 is 2. The minimum Gasteiger partial charge on any atom is -0.496 e. The van der Waals surface area contributed by atoms with Crippen molar-refractivity contribution in [2.75, 3.05) is 20.8 Å². The van der Waals surface area contributed by atoms with Crippen LogP contribution in [-0.2, 0) is 10.3 Å². The lowest BCUT2D eigenvalue weighted by molar-refractivity contribution is 0.116. The minimum absolute atomic E-state index is 0.0585. The van der Waals surface area contributed by atoms with E-state index in [1.165, 1.54) is 5.56 Å². The highest BCUT2D eigenvalue weighted by Crippen LogP contribution is 2.50. The van der Waals surface area contributed by atoms with Gasteiger partial charge in [0, 0.05) is 11.0 Å². The molecule has 0 unspecified atom stereocenters. The zero-order valence-electron chi connectivity index (χ0n) is 10.6. The standard InChI is InChI=1S/C13H19NO3/c1-9-11(15-2)6-10(7-12(9)16-3)13(4-5-13)8-17-14/h6-7H,4-5,8,14H2,1-3H3. The summed E-state index contributed by atoms with van der Waals surface area (Å²) in [5.41, 5.74) is 2.26. The van der Waals surface area contributed by atoms with E-state index in [4.69, 9.17) is 20.2 Å². The van der Waals surface area contributed by atoms with Crippen LogP contribution in [0.1, 0.15) is 24.0 Å². The average molecular weight is 237 g/mol. The maximum absolute atomic E-state index is 5.38. The van der Waals surface area contributed by atoms with Crippen molar-refractivity contribution in [3.63, 3.8) is 0 Å². The first-order valence-corrected chi connectivity index (χ1v) is 5.71. The summed E-state index contributed by atoms with van der Waals surface area (Å²) in [6.07, 6.45) is 2.19. The fourth-order valence-electron chi connectivity index (χ4n) is 2.22. The highest BCUT2D eigenvalue weighted by molar-refractivity contribution is 5.50. The summed E-state index contributed by atoms with van der Waals surface area (Å²) in [5.74, 6) is 6.90. The Bertz CT molecular complexity index is 388. The first kappa shape index (κ1) is 12.2. The van der Waals surface area contributed by atoms with Crippen molar-refractivity contribution in [3.05, 3.63) is 23.3 Å². The molecule has 2 N–H and O–H groups in total. The smallest absolute Gasteiger partial charge is 0.125 e. The van der Waals surface area contributed by atoms with E-state index in [9.17, 15) is 0 Å². The third-order valence-electron chi connectivity index (χ3n) is 3.58. The van der Waals surface area contributed by atoms with Crippen molar-refractivity contribution in [2.24, 2.45) is 5.90 Å². The summed E-state index contributed by atoms with van der Waals surface area (Å²) in [4.78, 5) is 4.82. The van der Waals surface area contributed by atoms with E-state index in [2.05, 4.69) is 12.1 Å². The molecule has 1 aliphatic carbocycles. The molecule has 0 bridgehead atoms. The van der Waals surface area contributed by atoms with Crippen molar-refractivity contribution in [1.82, 2.24) is 0 Å². The first-order chi connectivity index (χ1) is 8.16. The molecule has 1 fully saturated rings. The summed E-state index contributed by atoms with van der Waals surface area (Å²) in [7, 11) is 3.34. The topological polar surface area (TPSA) is 53.7 Å². The van der Waals surface area contributed by atoms with Gasteiger partial charge in [0.15, 0.2) is 0 Å². The summed E-state index contributed by atoms with van der Waals surface area (Å²) in [6.45, 7) is 2.53. The highest BCUT2D eigenvalue weighted by atomic mass is 16.6. The molecule has 4 nitrogen and oxygen atoms in total. The number of ether oxygens (including phenoxy) is 2. The molecule has 1 aromatic rings. The van der Waals surface area contributed by atoms with Crippen molar-refractivity contribution >= 4 is 0 Å². The van der Waals surface area contributed by atoms with Gasteiger partial charge in [0.1, 0.15) is 11.5 Å². The Morgan fingerprint density at radius 2 is 1.71 bits per heavy atom. The van der Waals surface area contributed by atoms with Crippen LogP contribution >= 0.6 is 0 Å². The van der Waals surface area contributed by atoms with Crippen LogP contribution in [0.3, 0.4) is 0 Å². The molecular formula is C13H19NO3. The SMILES string of the molecule is COc1cc(C2(CON)CC2)cc(OC)c1C. The monoisotopic (exact) mass is 237 g/mol. The zero-order chi connectivity index (χ0) is 12.5. The van der Waals surface area contributed by atoms with Gasteiger partial charge >= 0.3 is 0 Å². The summed E-state index contributed by atoms with van der Waals surface area (Å²) in [6, 6.07) is 4.12. The van der Waals surface area contributed by atoms with Crippen molar-refractivity contribution in [3.8, 4) is 11.5 Å². The summed E-state index contributed by atoms with van der Waals surface area (Å²) >= 11 is 0. The van der Waals surface area contributed by atoms with E-state index in [1.54, 1.807) is 14.2 Å². The number of benzene rings is 1. The number of rotatable bonds is 5. The van der Waals surface area contributed by atoms with Gasteiger partial charge in [0.2, 0.25) is 0 Å². The molecule has 0 spiro atoms. The van der Waals surface area contributed by atoms with Crippen LogP contribution < -0.4 is 15.4 Å². The maximum Gasteiger partial charge on any atom is 0.125 e. The van der Waals surface area contributed by atoms with Gasteiger partial charge in [-0.25, -0.2) is 5.90 Å². The molecule has 4 heteroatoms. The second-order valence-electron chi connectivity index (χ2n) is 4.60. The van der Waals surface area contributed by atoms with Crippen molar-refractivity contribution in [1.29, 1.82) is 0 Å². The largest absolute Gasteiger partial charge is 0.496 e. The lowest BCUT2D eigenvalue weighted by Gasteiger charge is -2.18. The summed E-state index contributed by atoms with van der Waals surface area (Å²) < 4.78 is 10.8. The van der Waals surface area contributed by atoms with E-state index in [1.807, 2.05) is 6.92 Å². The molecule has 94 valence electrons. The van der Waals surface area contributed by atoms with E-state index in [-0.39, 0.29) is 5.41 Å². The van der Waals surface area contributed by atoms with Crippen LogP contribution in [0.4, 0.5) is 0 Å². The molecular weight excluding hydrogens is 218 g/mol. The molecule has 0 aromatic heterocycles. The predicted molar refractivity (Wildman–Crippen MR) is 65.3 cm³/mol. The van der Waals surface area contributed by atoms with Gasteiger partial charge in [-0.05, 0) is 37.5 Å². The van der Waals surface area contributed by atoms with Gasteiger partial charge in [0.05, 0.1) is 20.8 Å². The molecule has 2 rings (SSSR count). The Kier molecular flexibility index (Phi) is 3.26. The highest BCUT2D eigenvalue weighted by Gasteiger charge is 2.45. The molecule has 0 radical (unpaired) electrons. The van der Waals surface area contributed by atoms with Crippen LogP contribution in [0.5, 0.6) is 11.5 Å². The fourth-order valence-corrected chi connectivity index (χ4v) is 2.22. The lowest BCUT2D eigenvalue weighted by Crippen LogP contribution is -2.18. The van der Waals surface area contributed by atoms with Gasteiger partial charge in [-0.1, -0.05) is 0 Å². The summed E-state index contributed by atoms with van der Waals surface area (Å²) in [5, 5.41) is 0. The molecule has 0 saturated heterocycles. The van der Waals surface area contributed by atoms with E-state index in [0.717, 1.165) is 29.9 Å². The van der Waals surface area contributed by atoms with Gasteiger partial charge in [-0.15, -0.1) is 0 Å². The first-order valence-electron chi connectivity index (χ1n) is 5.71. The van der Waals surface area contributed by atoms with E-state index < -0.39 is 0 Å². The average Bonchev–Trinajstić information content (AvgIpc) is 3.11.